The highest BCUT2D eigenvalue weighted by atomic mass is 16.3. The maximum atomic E-state index is 10.1. The third-order valence-corrected chi connectivity index (χ3v) is 3.68. The van der Waals surface area contributed by atoms with Gasteiger partial charge in [-0.05, 0) is 39.2 Å². The average Bonchev–Trinajstić information content (AvgIpc) is 2.50. The van der Waals surface area contributed by atoms with Gasteiger partial charge < -0.3 is 15.7 Å². The van der Waals surface area contributed by atoms with Crippen LogP contribution in [0.3, 0.4) is 0 Å². The van der Waals surface area contributed by atoms with Crippen LogP contribution in [0.5, 0.6) is 0 Å². The van der Waals surface area contributed by atoms with E-state index in [2.05, 4.69) is 16.0 Å². The molecule has 4 nitrogen and oxygen atoms in total. The van der Waals surface area contributed by atoms with Crippen LogP contribution in [0, 0.1) is 6.92 Å². The molecular formula is C14H23N3O. The molecule has 0 saturated carbocycles. The Morgan fingerprint density at radius 1 is 1.39 bits per heavy atom. The molecule has 0 radical (unpaired) electrons. The van der Waals surface area contributed by atoms with E-state index in [4.69, 9.17) is 5.73 Å². The largest absolute Gasteiger partial charge is 0.390 e. The van der Waals surface area contributed by atoms with Crippen LogP contribution in [0.2, 0.25) is 0 Å². The van der Waals surface area contributed by atoms with Crippen molar-refractivity contribution in [3.8, 4) is 0 Å². The maximum Gasteiger partial charge on any atom is 0.133 e. The Kier molecular flexibility index (Phi) is 3.88. The van der Waals surface area contributed by atoms with Crippen molar-refractivity contribution < 1.29 is 5.11 Å². The van der Waals surface area contributed by atoms with Gasteiger partial charge in [0.25, 0.3) is 0 Å². The third kappa shape index (κ3) is 3.00. The van der Waals surface area contributed by atoms with Crippen molar-refractivity contribution in [1.82, 2.24) is 4.98 Å². The number of rotatable bonds is 2. The van der Waals surface area contributed by atoms with Crippen LogP contribution >= 0.6 is 0 Å². The molecule has 1 fully saturated rings. The van der Waals surface area contributed by atoms with Gasteiger partial charge in [0.2, 0.25) is 0 Å². The molecule has 1 saturated heterocycles. The van der Waals surface area contributed by atoms with Crippen molar-refractivity contribution >= 4 is 5.82 Å². The molecule has 100 valence electrons. The van der Waals surface area contributed by atoms with Crippen LogP contribution in [0.1, 0.15) is 37.4 Å². The first-order valence-corrected chi connectivity index (χ1v) is 6.66. The second kappa shape index (κ2) is 5.24. The first-order valence-electron chi connectivity index (χ1n) is 6.66. The van der Waals surface area contributed by atoms with E-state index in [0.717, 1.165) is 49.4 Å². The smallest absolute Gasteiger partial charge is 0.133 e. The summed E-state index contributed by atoms with van der Waals surface area (Å²) in [7, 11) is 0. The van der Waals surface area contributed by atoms with Gasteiger partial charge in [0.1, 0.15) is 5.82 Å². The van der Waals surface area contributed by atoms with Crippen molar-refractivity contribution in [3.63, 3.8) is 0 Å². The SMILES string of the molecule is Cc1ccc(CN)c(N2CCCC(C)(O)CC2)n1. The van der Waals surface area contributed by atoms with Crippen LogP contribution < -0.4 is 10.6 Å². The minimum atomic E-state index is -0.540. The van der Waals surface area contributed by atoms with E-state index in [1.54, 1.807) is 0 Å². The van der Waals surface area contributed by atoms with Crippen LogP contribution in [-0.4, -0.2) is 28.8 Å². The summed E-state index contributed by atoms with van der Waals surface area (Å²) in [4.78, 5) is 6.88. The van der Waals surface area contributed by atoms with Gasteiger partial charge >= 0.3 is 0 Å². The van der Waals surface area contributed by atoms with Crippen molar-refractivity contribution in [3.05, 3.63) is 23.4 Å². The Hall–Kier alpha value is -1.13. The lowest BCUT2D eigenvalue weighted by Crippen LogP contribution is -2.29. The molecule has 0 aliphatic carbocycles. The summed E-state index contributed by atoms with van der Waals surface area (Å²) < 4.78 is 0. The highest BCUT2D eigenvalue weighted by Gasteiger charge is 2.26. The zero-order valence-corrected chi connectivity index (χ0v) is 11.3. The lowest BCUT2D eigenvalue weighted by molar-refractivity contribution is 0.0481. The molecule has 2 rings (SSSR count). The quantitative estimate of drug-likeness (QED) is 0.835. The van der Waals surface area contributed by atoms with E-state index < -0.39 is 5.60 Å². The van der Waals surface area contributed by atoms with Gasteiger partial charge in [0.15, 0.2) is 0 Å². The molecular weight excluding hydrogens is 226 g/mol. The molecule has 1 aliphatic rings. The maximum absolute atomic E-state index is 10.1. The average molecular weight is 249 g/mol. The number of pyridine rings is 1. The molecule has 4 heteroatoms. The second-order valence-corrected chi connectivity index (χ2v) is 5.48. The Labute approximate surface area is 109 Å². The summed E-state index contributed by atoms with van der Waals surface area (Å²) in [5.74, 6) is 0.996. The van der Waals surface area contributed by atoms with E-state index in [1.165, 1.54) is 0 Å². The number of nitrogens with zero attached hydrogens (tertiary/aromatic N) is 2. The molecule has 1 atom stereocenters. The molecule has 0 amide bonds. The van der Waals surface area contributed by atoms with E-state index in [-0.39, 0.29) is 0 Å². The lowest BCUT2D eigenvalue weighted by Gasteiger charge is -2.25. The van der Waals surface area contributed by atoms with Gasteiger partial charge in [-0.1, -0.05) is 6.07 Å². The van der Waals surface area contributed by atoms with Crippen LogP contribution in [0.4, 0.5) is 5.82 Å². The van der Waals surface area contributed by atoms with E-state index in [9.17, 15) is 5.11 Å². The summed E-state index contributed by atoms with van der Waals surface area (Å²) in [6.45, 7) is 6.22. The van der Waals surface area contributed by atoms with Crippen molar-refractivity contribution in [1.29, 1.82) is 0 Å². The number of aliphatic hydroxyl groups is 1. The fraction of sp³-hybridized carbons (Fsp3) is 0.643. The Bertz CT molecular complexity index is 418. The molecule has 0 bridgehead atoms. The van der Waals surface area contributed by atoms with E-state index in [1.807, 2.05) is 19.9 Å². The molecule has 0 aromatic carbocycles. The fourth-order valence-corrected chi connectivity index (χ4v) is 2.48. The second-order valence-electron chi connectivity index (χ2n) is 5.48. The van der Waals surface area contributed by atoms with Gasteiger partial charge in [0.05, 0.1) is 5.60 Å². The zero-order valence-electron chi connectivity index (χ0n) is 11.3. The fourth-order valence-electron chi connectivity index (χ4n) is 2.48. The summed E-state index contributed by atoms with van der Waals surface area (Å²) in [5, 5.41) is 10.1. The Balaban J connectivity index is 2.23. The predicted octanol–water partition coefficient (Wildman–Crippen LogP) is 1.59. The van der Waals surface area contributed by atoms with Crippen molar-refractivity contribution in [2.24, 2.45) is 5.73 Å². The third-order valence-electron chi connectivity index (χ3n) is 3.68. The van der Waals surface area contributed by atoms with E-state index >= 15 is 0 Å². The molecule has 2 heterocycles. The predicted molar refractivity (Wildman–Crippen MR) is 73.6 cm³/mol. The molecule has 3 N–H and O–H groups in total. The first-order chi connectivity index (χ1) is 8.52. The number of anilines is 1. The summed E-state index contributed by atoms with van der Waals surface area (Å²) in [6.07, 6.45) is 2.63. The minimum Gasteiger partial charge on any atom is -0.390 e. The molecule has 1 aromatic heterocycles. The summed E-state index contributed by atoms with van der Waals surface area (Å²) in [5.41, 5.74) is 7.34. The summed E-state index contributed by atoms with van der Waals surface area (Å²) in [6, 6.07) is 4.06. The molecule has 0 spiro atoms. The number of hydrogen-bond acceptors (Lipinski definition) is 4. The molecule has 18 heavy (non-hydrogen) atoms. The monoisotopic (exact) mass is 249 g/mol. The van der Waals surface area contributed by atoms with Crippen LogP contribution in [0.25, 0.3) is 0 Å². The number of nitrogens with two attached hydrogens (primary N) is 1. The molecule has 1 unspecified atom stereocenters. The topological polar surface area (TPSA) is 62.4 Å². The van der Waals surface area contributed by atoms with Gasteiger partial charge in [-0.15, -0.1) is 0 Å². The highest BCUT2D eigenvalue weighted by molar-refractivity contribution is 5.48. The molecule has 1 aromatic rings. The zero-order chi connectivity index (χ0) is 13.2. The Morgan fingerprint density at radius 3 is 2.89 bits per heavy atom. The first kappa shape index (κ1) is 13.3. The van der Waals surface area contributed by atoms with Gasteiger partial charge in [-0.2, -0.15) is 0 Å². The van der Waals surface area contributed by atoms with Gasteiger partial charge in [0, 0.05) is 30.9 Å². The number of aromatic nitrogens is 1. The normalized spacial score (nSPS) is 25.0. The number of aryl methyl sites for hydroxylation is 1. The highest BCUT2D eigenvalue weighted by Crippen LogP contribution is 2.26. The lowest BCUT2D eigenvalue weighted by atomic mass is 9.98. The van der Waals surface area contributed by atoms with Crippen molar-refractivity contribution in [2.75, 3.05) is 18.0 Å². The van der Waals surface area contributed by atoms with Crippen molar-refractivity contribution in [2.45, 2.75) is 45.3 Å². The summed E-state index contributed by atoms with van der Waals surface area (Å²) >= 11 is 0. The number of hydrogen-bond donors (Lipinski definition) is 2. The van der Waals surface area contributed by atoms with Gasteiger partial charge in [-0.3, -0.25) is 0 Å². The van der Waals surface area contributed by atoms with Crippen LogP contribution in [0.15, 0.2) is 12.1 Å². The van der Waals surface area contributed by atoms with Crippen LogP contribution in [-0.2, 0) is 6.54 Å². The van der Waals surface area contributed by atoms with E-state index in [0.29, 0.717) is 6.54 Å². The molecule has 1 aliphatic heterocycles. The standard InChI is InChI=1S/C14H23N3O/c1-11-4-5-12(10-15)13(16-11)17-8-3-6-14(2,18)7-9-17/h4-5,18H,3,6-10,15H2,1-2H3. The minimum absolute atomic E-state index is 0.509. The van der Waals surface area contributed by atoms with Gasteiger partial charge in [-0.25, -0.2) is 4.98 Å². The Morgan fingerprint density at radius 2 is 2.17 bits per heavy atom.